The first-order valence-electron chi connectivity index (χ1n) is 8.29. The molecule has 1 aliphatic heterocycles. The molecule has 0 amide bonds. The number of nitrogens with one attached hydrogen (secondary N) is 1. The van der Waals surface area contributed by atoms with Crippen molar-refractivity contribution >= 4 is 11.6 Å². The quantitative estimate of drug-likeness (QED) is 0.848. The third kappa shape index (κ3) is 3.53. The second-order valence-electron chi connectivity index (χ2n) is 6.81. The van der Waals surface area contributed by atoms with Crippen LogP contribution in [0.1, 0.15) is 42.9 Å². The molecule has 1 aliphatic rings. The Labute approximate surface area is 138 Å². The summed E-state index contributed by atoms with van der Waals surface area (Å²) >= 11 is 6.02. The van der Waals surface area contributed by atoms with Gasteiger partial charge >= 0.3 is 0 Å². The molecule has 0 bridgehead atoms. The Balaban J connectivity index is 1.63. The number of halogens is 1. The molecule has 116 valence electrons. The Bertz CT molecular complexity index is 593. The molecule has 0 unspecified atom stereocenters. The number of benzene rings is 2. The second kappa shape index (κ2) is 6.85. The topological polar surface area (TPSA) is 4.44 Å². The van der Waals surface area contributed by atoms with Crippen LogP contribution in [-0.4, -0.2) is 6.54 Å². The minimum absolute atomic E-state index is 0.619. The lowest BCUT2D eigenvalue weighted by atomic mass is 9.85. The van der Waals surface area contributed by atoms with E-state index in [1.807, 2.05) is 12.1 Å². The molecule has 1 nitrogen and oxygen atoms in total. The maximum Gasteiger partial charge on any atom is 0.104 e. The Hall–Kier alpha value is -1.31. The molecule has 1 atom stereocenters. The van der Waals surface area contributed by atoms with Crippen LogP contribution in [0.5, 0.6) is 0 Å². The number of rotatable bonds is 5. The van der Waals surface area contributed by atoms with Gasteiger partial charge in [-0.1, -0.05) is 61.8 Å². The zero-order chi connectivity index (χ0) is 15.5. The normalized spacial score (nSPS) is 16.0. The van der Waals surface area contributed by atoms with E-state index in [9.17, 15) is 0 Å². The Kier molecular flexibility index (Phi) is 4.85. The molecule has 0 radical (unpaired) electrons. The summed E-state index contributed by atoms with van der Waals surface area (Å²) in [6.45, 7) is 8.25. The van der Waals surface area contributed by atoms with Crippen LogP contribution in [0.2, 0.25) is 5.02 Å². The molecule has 0 spiro atoms. The van der Waals surface area contributed by atoms with Crippen molar-refractivity contribution < 1.29 is 4.90 Å². The van der Waals surface area contributed by atoms with Gasteiger partial charge in [0.25, 0.3) is 0 Å². The summed E-state index contributed by atoms with van der Waals surface area (Å²) in [5.41, 5.74) is 4.49. The van der Waals surface area contributed by atoms with Gasteiger partial charge in [0.1, 0.15) is 13.1 Å². The third-order valence-electron chi connectivity index (χ3n) is 4.91. The summed E-state index contributed by atoms with van der Waals surface area (Å²) < 4.78 is 0. The lowest BCUT2D eigenvalue weighted by molar-refractivity contribution is -0.921. The van der Waals surface area contributed by atoms with Crippen molar-refractivity contribution in [2.75, 3.05) is 6.54 Å². The highest BCUT2D eigenvalue weighted by Gasteiger charge is 2.24. The Morgan fingerprint density at radius 3 is 2.09 bits per heavy atom. The Morgan fingerprint density at radius 1 is 0.955 bits per heavy atom. The largest absolute Gasteiger partial charge is 0.327 e. The van der Waals surface area contributed by atoms with Crippen LogP contribution < -0.4 is 4.90 Å². The van der Waals surface area contributed by atoms with Crippen molar-refractivity contribution in [1.29, 1.82) is 0 Å². The average molecular weight is 315 g/mol. The fourth-order valence-corrected chi connectivity index (χ4v) is 3.76. The van der Waals surface area contributed by atoms with Gasteiger partial charge in [0.2, 0.25) is 0 Å². The van der Waals surface area contributed by atoms with E-state index >= 15 is 0 Å². The first-order chi connectivity index (χ1) is 10.6. The fourth-order valence-electron chi connectivity index (χ4n) is 3.63. The number of fused-ring (bicyclic) bond motifs is 1. The van der Waals surface area contributed by atoms with Crippen molar-refractivity contribution in [2.24, 2.45) is 5.92 Å². The minimum Gasteiger partial charge on any atom is -0.327 e. The third-order valence-corrected chi connectivity index (χ3v) is 5.16. The zero-order valence-corrected chi connectivity index (χ0v) is 14.2. The van der Waals surface area contributed by atoms with Gasteiger partial charge < -0.3 is 4.90 Å². The zero-order valence-electron chi connectivity index (χ0n) is 13.5. The lowest BCUT2D eigenvalue weighted by Gasteiger charge is -2.23. The number of hydrogen-bond acceptors (Lipinski definition) is 0. The van der Waals surface area contributed by atoms with E-state index in [1.165, 1.54) is 42.7 Å². The molecule has 0 aliphatic carbocycles. The van der Waals surface area contributed by atoms with E-state index in [2.05, 4.69) is 50.2 Å². The van der Waals surface area contributed by atoms with Crippen molar-refractivity contribution in [2.45, 2.75) is 39.3 Å². The molecule has 3 rings (SSSR count). The molecule has 1 heterocycles. The predicted octanol–water partition coefficient (Wildman–Crippen LogP) is 4.07. The standard InChI is InChI=1S/C20H24ClN/c1-15(2)20(16-7-9-19(21)10-8-16)11-12-22-13-17-5-3-4-6-18(17)14-22/h3-10,15,20H,11-14H2,1-2H3/p+1/t20-/m1/s1. The molecule has 0 saturated heterocycles. The van der Waals surface area contributed by atoms with Crippen molar-refractivity contribution in [3.8, 4) is 0 Å². The molecule has 0 saturated carbocycles. The second-order valence-corrected chi connectivity index (χ2v) is 7.25. The molecule has 0 fully saturated rings. The van der Waals surface area contributed by atoms with Crippen LogP contribution in [0, 0.1) is 5.92 Å². The van der Waals surface area contributed by atoms with Crippen LogP contribution in [0.15, 0.2) is 48.5 Å². The first-order valence-corrected chi connectivity index (χ1v) is 8.67. The van der Waals surface area contributed by atoms with E-state index in [4.69, 9.17) is 11.6 Å². The van der Waals surface area contributed by atoms with Gasteiger partial charge in [-0.05, 0) is 29.5 Å². The first kappa shape index (κ1) is 15.6. The molecule has 2 heteroatoms. The van der Waals surface area contributed by atoms with Gasteiger partial charge in [-0.25, -0.2) is 0 Å². The smallest absolute Gasteiger partial charge is 0.104 e. The number of hydrogen-bond donors (Lipinski definition) is 1. The van der Waals surface area contributed by atoms with Crippen LogP contribution in [-0.2, 0) is 13.1 Å². The van der Waals surface area contributed by atoms with Gasteiger partial charge in [0, 0.05) is 22.6 Å². The van der Waals surface area contributed by atoms with Gasteiger partial charge in [-0.3, -0.25) is 0 Å². The van der Waals surface area contributed by atoms with Gasteiger partial charge in [-0.2, -0.15) is 0 Å². The SMILES string of the molecule is CC(C)[C@@H](CC[NH+]1Cc2ccccc2C1)c1ccc(Cl)cc1. The van der Waals surface area contributed by atoms with Crippen molar-refractivity contribution in [1.82, 2.24) is 0 Å². The predicted molar refractivity (Wildman–Crippen MR) is 93.3 cm³/mol. The average Bonchev–Trinajstić information content (AvgIpc) is 2.91. The van der Waals surface area contributed by atoms with Crippen LogP contribution in [0.3, 0.4) is 0 Å². The monoisotopic (exact) mass is 314 g/mol. The van der Waals surface area contributed by atoms with Gasteiger partial charge in [-0.15, -0.1) is 0 Å². The van der Waals surface area contributed by atoms with Gasteiger partial charge in [0.05, 0.1) is 6.54 Å². The maximum atomic E-state index is 6.02. The summed E-state index contributed by atoms with van der Waals surface area (Å²) in [4.78, 5) is 1.70. The fraction of sp³-hybridized carbons (Fsp3) is 0.400. The summed E-state index contributed by atoms with van der Waals surface area (Å²) in [5, 5.41) is 0.826. The molecule has 2 aromatic carbocycles. The van der Waals surface area contributed by atoms with E-state index in [1.54, 1.807) is 4.90 Å². The molecule has 1 N–H and O–H groups in total. The molecule has 0 aromatic heterocycles. The Morgan fingerprint density at radius 2 is 1.55 bits per heavy atom. The van der Waals surface area contributed by atoms with E-state index in [0.717, 1.165) is 5.02 Å². The number of quaternary nitrogens is 1. The highest BCUT2D eigenvalue weighted by molar-refractivity contribution is 6.30. The molecular formula is C20H25ClN+. The van der Waals surface area contributed by atoms with E-state index < -0.39 is 0 Å². The van der Waals surface area contributed by atoms with E-state index in [-0.39, 0.29) is 0 Å². The molecular weight excluding hydrogens is 290 g/mol. The van der Waals surface area contributed by atoms with E-state index in [0.29, 0.717) is 11.8 Å². The maximum absolute atomic E-state index is 6.02. The highest BCUT2D eigenvalue weighted by atomic mass is 35.5. The molecule has 2 aromatic rings. The van der Waals surface area contributed by atoms with Crippen LogP contribution in [0.25, 0.3) is 0 Å². The summed E-state index contributed by atoms with van der Waals surface area (Å²) in [6.07, 6.45) is 1.24. The van der Waals surface area contributed by atoms with Crippen molar-refractivity contribution in [3.63, 3.8) is 0 Å². The highest BCUT2D eigenvalue weighted by Crippen LogP contribution is 2.28. The van der Waals surface area contributed by atoms with Crippen LogP contribution >= 0.6 is 11.6 Å². The summed E-state index contributed by atoms with van der Waals surface area (Å²) in [7, 11) is 0. The molecule has 22 heavy (non-hydrogen) atoms. The minimum atomic E-state index is 0.619. The van der Waals surface area contributed by atoms with Crippen LogP contribution in [0.4, 0.5) is 0 Å². The lowest BCUT2D eigenvalue weighted by Crippen LogP contribution is -3.07. The van der Waals surface area contributed by atoms with Gasteiger partial charge in [0.15, 0.2) is 0 Å². The summed E-state index contributed by atoms with van der Waals surface area (Å²) in [6, 6.07) is 17.3. The summed E-state index contributed by atoms with van der Waals surface area (Å²) in [5.74, 6) is 1.28. The van der Waals surface area contributed by atoms with Crippen molar-refractivity contribution in [3.05, 3.63) is 70.2 Å².